The van der Waals surface area contributed by atoms with Crippen LogP contribution in [0.15, 0.2) is 188 Å². The van der Waals surface area contributed by atoms with Gasteiger partial charge in [-0.05, 0) is 178 Å². The number of nitrogens with zero attached hydrogens (tertiary/aromatic N) is 4. The van der Waals surface area contributed by atoms with E-state index in [-0.39, 0.29) is 91.9 Å². The fraction of sp³-hybridized carbons (Fsp3) is 0.258. The second-order valence-electron chi connectivity index (χ2n) is 34.8. The number of carboxylic acids is 1. The summed E-state index contributed by atoms with van der Waals surface area (Å²) in [6, 6.07) is 48.3. The van der Waals surface area contributed by atoms with Crippen molar-refractivity contribution in [2.24, 2.45) is 0 Å². The van der Waals surface area contributed by atoms with Crippen LogP contribution in [0.1, 0.15) is 180 Å². The molecule has 738 valence electrons. The highest BCUT2D eigenvalue weighted by molar-refractivity contribution is 7.02. The molecular weight excluding hydrogens is 1890 g/mol. The van der Waals surface area contributed by atoms with Crippen LogP contribution in [-0.2, 0) is 120 Å². The van der Waals surface area contributed by atoms with Crippen LogP contribution >= 0.6 is 0 Å². The van der Waals surface area contributed by atoms with Crippen LogP contribution in [0.3, 0.4) is 0 Å². The average Bonchev–Trinajstić information content (AvgIpc) is 1.47. The van der Waals surface area contributed by atoms with Crippen molar-refractivity contribution < 1.29 is 150 Å². The van der Waals surface area contributed by atoms with Gasteiger partial charge in [0.2, 0.25) is 0 Å². The minimum Gasteiger partial charge on any atom is -0.478 e. The van der Waals surface area contributed by atoms with Gasteiger partial charge in [0.15, 0.2) is 11.2 Å². The van der Waals surface area contributed by atoms with Gasteiger partial charge in [0.05, 0.1) is 90.1 Å². The molecule has 1 fully saturated rings. The van der Waals surface area contributed by atoms with E-state index in [0.29, 0.717) is 73.4 Å². The number of nitro groups is 4. The SMILES string of the molecule is CC(C)(C)c1ccc2c(c1)C1(OC2=O)c2ccc(NC(=O)OCc3ccccc3[N+](=O)[O-])cc2[Si](C)(C)c2cc(NC(=O)OCc3cc(C(=O)O)ccc3[N+](=O)[O-])ccc21.CC1CCCO1.COC(=O)c1ccc([N+](=O)[O-])c(COC(=O)Nc2ccc3c(c2)[Si](C)(C)c2cc(NC(=O)OCc4cc(C(=O)OC)ccc4[N+](=O)[O-])ccc2C32OC(=O)c3ccc(C(C)(C)C)cc32)c1.O=C=O.O=C=O.O=C=O.OO. The Morgan fingerprint density at radius 2 is 0.704 bits per heavy atom. The van der Waals surface area contributed by atoms with Crippen LogP contribution in [0.4, 0.5) is 64.7 Å². The molecule has 0 aromatic heterocycles. The minimum absolute atomic E-state index is 0.0290. The highest BCUT2D eigenvalue weighted by Gasteiger charge is 2.59. The lowest BCUT2D eigenvalue weighted by Gasteiger charge is -2.44. The smallest absolute Gasteiger partial charge is 0.411 e. The predicted molar refractivity (Wildman–Crippen MR) is 502 cm³/mol. The van der Waals surface area contributed by atoms with Crippen molar-refractivity contribution in [1.29, 1.82) is 0 Å². The number of hydrogen-bond acceptors (Lipinski definition) is 34. The molecule has 0 saturated carbocycles. The van der Waals surface area contributed by atoms with Crippen LogP contribution < -0.4 is 42.0 Å². The molecule has 4 amide bonds. The molecule has 2 unspecified atom stereocenters. The number of ether oxygens (including phenoxy) is 9. The van der Waals surface area contributed by atoms with Crippen molar-refractivity contribution in [1.82, 2.24) is 0 Å². The summed E-state index contributed by atoms with van der Waals surface area (Å²) in [6.07, 6.45) is 0.108. The third kappa shape index (κ3) is 23.9. The molecule has 142 heavy (non-hydrogen) atoms. The maximum absolute atomic E-state index is 13.9. The fourth-order valence-corrected chi connectivity index (χ4v) is 23.0. The molecule has 5 heterocycles. The number of benzene rings is 10. The molecule has 45 heteroatoms. The van der Waals surface area contributed by atoms with Crippen molar-refractivity contribution in [3.63, 3.8) is 0 Å². The first-order valence-corrected chi connectivity index (χ1v) is 48.5. The topological polar surface area (TPSA) is 620 Å². The summed E-state index contributed by atoms with van der Waals surface area (Å²) in [5, 5.41) is 81.8. The maximum atomic E-state index is 13.9. The number of carbonyl (C=O) groups excluding carboxylic acids is 14. The number of anilines is 4. The summed E-state index contributed by atoms with van der Waals surface area (Å²) in [6.45, 7) is 21.6. The number of methoxy groups -OCH3 is 2. The van der Waals surface area contributed by atoms with E-state index in [0.717, 1.165) is 68.8 Å². The molecule has 15 rings (SSSR count). The molecule has 0 aliphatic carbocycles. The van der Waals surface area contributed by atoms with Crippen LogP contribution in [0.25, 0.3) is 0 Å². The van der Waals surface area contributed by atoms with E-state index in [9.17, 15) is 88.7 Å². The van der Waals surface area contributed by atoms with E-state index < -0.39 is 127 Å². The maximum Gasteiger partial charge on any atom is 0.411 e. The van der Waals surface area contributed by atoms with E-state index in [4.69, 9.17) is 81.9 Å². The summed E-state index contributed by atoms with van der Waals surface area (Å²) in [5.74, 6) is -3.85. The standard InChI is InChI=1S/C46H42N4O14Si.C43H38N4O12Si.C5H10O.3CO2.H2O2/c1-45(2,3)29-10-13-32-35(20-29)46(64-42(32)53)33-14-11-30(47-43(54)62-23-27-18-25(40(51)60-4)8-16-36(27)49(56)57)21-38(33)65(6,7)39-22-31(12-15-34(39)46)48-44(55)63-24-28-19-26(41(52)61-5)9-17-37(28)50(58)59;1-42(2,3)27-11-14-30-33(19-27)43(59-39(30)50)31-15-12-28(44-40(51)57-22-25-8-6-7-9-34(25)46(53)54)20-36(31)60(4,5)37-21-29(13-16-32(37)43)45-41(52)58-23-26-18-24(38(48)49)10-17-35(26)47(55)56;1-5-3-2-4-6-5;3*2-1-3;1-2/h8-22H,23-24H2,1-7H3,(H,47,54)(H,48,55);6-21H,22-23H2,1-5H3,(H,44,51)(H,45,52)(H,48,49);5H,2-4H2,1H3;;;;1-2H. The molecule has 5 aliphatic heterocycles. The number of esters is 4. The van der Waals surface area contributed by atoms with Crippen LogP contribution in [0.5, 0.6) is 0 Å². The third-order valence-electron chi connectivity index (χ3n) is 23.4. The Hall–Kier alpha value is -17.3. The Kier molecular flexibility index (Phi) is 34.9. The number of carbonyl (C=O) groups is 9. The van der Waals surface area contributed by atoms with Gasteiger partial charge in [-0.15, -0.1) is 0 Å². The van der Waals surface area contributed by atoms with E-state index >= 15 is 0 Å². The zero-order valence-electron chi connectivity index (χ0n) is 78.1. The number of carboxylic acid groups (broad SMARTS) is 1. The molecule has 5 aliphatic rings. The monoisotopic (exact) mass is 1980 g/mol. The van der Waals surface area contributed by atoms with E-state index in [2.05, 4.69) is 62.1 Å². The van der Waals surface area contributed by atoms with Gasteiger partial charge >= 0.3 is 72.7 Å². The lowest BCUT2D eigenvalue weighted by Crippen LogP contribution is -2.63. The molecule has 0 radical (unpaired) electrons. The fourth-order valence-electron chi connectivity index (χ4n) is 16.6. The lowest BCUT2D eigenvalue weighted by atomic mass is 9.76. The Labute approximate surface area is 808 Å². The Bertz CT molecular complexity index is 6600. The summed E-state index contributed by atoms with van der Waals surface area (Å²) >= 11 is 0. The lowest BCUT2D eigenvalue weighted by molar-refractivity contribution is -0.386. The highest BCUT2D eigenvalue weighted by atomic mass is 28.3. The van der Waals surface area contributed by atoms with Gasteiger partial charge in [-0.25, -0.2) is 43.2 Å². The minimum atomic E-state index is -2.92. The molecule has 43 nitrogen and oxygen atoms in total. The van der Waals surface area contributed by atoms with Crippen LogP contribution in [-0.4, -0.2) is 151 Å². The van der Waals surface area contributed by atoms with Gasteiger partial charge in [0, 0.05) is 87.0 Å². The zero-order chi connectivity index (χ0) is 105. The number of amides is 4. The number of para-hydroxylation sites is 1. The Morgan fingerprint density at radius 3 is 0.972 bits per heavy atom. The first kappa shape index (κ1) is 108. The summed E-state index contributed by atoms with van der Waals surface area (Å²) in [5.41, 5.74) is 2.82. The van der Waals surface area contributed by atoms with Gasteiger partial charge in [-0.2, -0.15) is 28.8 Å². The first-order valence-electron chi connectivity index (χ1n) is 42.5. The number of fused-ring (bicyclic) bond motifs is 12. The molecule has 2 spiro atoms. The third-order valence-corrected chi connectivity index (χ3v) is 30.5. The highest BCUT2D eigenvalue weighted by Crippen LogP contribution is 2.53. The van der Waals surface area contributed by atoms with Crippen LogP contribution in [0, 0.1) is 40.5 Å². The Morgan fingerprint density at radius 1 is 0.415 bits per heavy atom. The first-order chi connectivity index (χ1) is 67.1. The molecule has 10 aromatic carbocycles. The van der Waals surface area contributed by atoms with E-state index in [1.165, 1.54) is 69.5 Å². The van der Waals surface area contributed by atoms with Crippen molar-refractivity contribution in [3.8, 4) is 0 Å². The van der Waals surface area contributed by atoms with Crippen molar-refractivity contribution in [2.45, 2.75) is 142 Å². The number of aromatic carboxylic acids is 1. The zero-order valence-corrected chi connectivity index (χ0v) is 80.1. The summed E-state index contributed by atoms with van der Waals surface area (Å²) < 4.78 is 49.1. The molecule has 10 aromatic rings. The molecule has 1 saturated heterocycles. The number of rotatable bonds is 19. The van der Waals surface area contributed by atoms with Crippen LogP contribution in [0.2, 0.25) is 26.2 Å². The molecule has 2 atom stereocenters. The second kappa shape index (κ2) is 45.8. The normalized spacial score (nSPS) is 14.7. The molecule has 0 bridgehead atoms. The second-order valence-corrected chi connectivity index (χ2v) is 43.5. The van der Waals surface area contributed by atoms with Gasteiger partial charge in [0.1, 0.15) is 42.6 Å². The largest absolute Gasteiger partial charge is 0.478 e. The molecular formula is C97H92N8O35Si2. The Balaban J connectivity index is 0.000000273. The predicted octanol–water partition coefficient (Wildman–Crippen LogP) is 14.5. The molecule has 7 N–H and O–H groups in total. The summed E-state index contributed by atoms with van der Waals surface area (Å²) in [7, 11) is -3.45. The van der Waals surface area contributed by atoms with Gasteiger partial charge < -0.3 is 47.7 Å². The summed E-state index contributed by atoms with van der Waals surface area (Å²) in [4.78, 5) is 209. The van der Waals surface area contributed by atoms with Gasteiger partial charge in [-0.3, -0.25) is 72.2 Å². The number of nitro benzene ring substituents is 4. The quantitative estimate of drug-likeness (QED) is 0.00987. The average molecular weight is 1990 g/mol. The van der Waals surface area contributed by atoms with Crippen molar-refractivity contribution >= 4 is 155 Å². The van der Waals surface area contributed by atoms with Gasteiger partial charge in [-0.1, -0.05) is 116 Å². The van der Waals surface area contributed by atoms with Crippen molar-refractivity contribution in [3.05, 3.63) is 323 Å². The number of hydrogen-bond donors (Lipinski definition) is 7. The van der Waals surface area contributed by atoms with Crippen molar-refractivity contribution in [2.75, 3.05) is 42.1 Å². The number of nitrogens with one attached hydrogen (secondary N) is 4. The van der Waals surface area contributed by atoms with E-state index in [1.54, 1.807) is 91.0 Å². The van der Waals surface area contributed by atoms with E-state index in [1.807, 2.05) is 58.1 Å². The van der Waals surface area contributed by atoms with Gasteiger partial charge in [0.25, 0.3) is 22.7 Å².